The Labute approximate surface area is 185 Å². The van der Waals surface area contributed by atoms with E-state index in [-0.39, 0.29) is 22.8 Å². The van der Waals surface area contributed by atoms with E-state index in [4.69, 9.17) is 14.2 Å². The zero-order chi connectivity index (χ0) is 22.8. The van der Waals surface area contributed by atoms with Gasteiger partial charge in [0.05, 0.1) is 18.7 Å². The van der Waals surface area contributed by atoms with E-state index < -0.39 is 17.7 Å². The quantitative estimate of drug-likeness (QED) is 0.404. The third-order valence-corrected chi connectivity index (χ3v) is 5.63. The number of hydrogen-bond donors (Lipinski definition) is 2. The number of Topliss-reactive ketones (excluding diaryl/α,β-unsaturated/α-hetero) is 1. The second-order valence-corrected chi connectivity index (χ2v) is 7.64. The Morgan fingerprint density at radius 1 is 1.12 bits per heavy atom. The summed E-state index contributed by atoms with van der Waals surface area (Å²) in [5.74, 6) is -0.602. The van der Waals surface area contributed by atoms with E-state index in [0.717, 1.165) is 6.42 Å². The largest absolute Gasteiger partial charge is 0.507 e. The van der Waals surface area contributed by atoms with Crippen LogP contribution in [0, 0.1) is 0 Å². The number of amides is 1. The number of ketones is 1. The molecule has 0 aromatic heterocycles. The van der Waals surface area contributed by atoms with Crippen LogP contribution in [0.3, 0.4) is 0 Å². The number of carbonyl (C=O) groups excluding carboxylic acids is 2. The van der Waals surface area contributed by atoms with Crippen LogP contribution in [0.2, 0.25) is 0 Å². The lowest BCUT2D eigenvalue weighted by Crippen LogP contribution is -2.30. The number of ether oxygens (including phenoxy) is 3. The number of unbranched alkanes of at least 4 members (excludes halogenated alkanes) is 1. The fourth-order valence-corrected chi connectivity index (χ4v) is 4.01. The van der Waals surface area contributed by atoms with Crippen molar-refractivity contribution in [3.05, 3.63) is 53.1 Å². The summed E-state index contributed by atoms with van der Waals surface area (Å²) in [5, 5.41) is 21.4. The number of rotatable bonds is 6. The standard InChI is InChI=1S/C24H25NO7/c1-3-4-9-25-21(14-5-7-17(30-2)16(26)12-14)20(23(28)24(25)29)22(27)15-6-8-18-19(13-15)32-11-10-31-18/h5-8,12-13,21,26-27H,3-4,9-11H2,1-2H3/b22-20-. The fraction of sp³-hybridized carbons (Fsp3) is 0.333. The summed E-state index contributed by atoms with van der Waals surface area (Å²) in [5.41, 5.74) is 0.801. The number of phenols is 1. The number of nitrogens with zero attached hydrogens (tertiary/aromatic N) is 1. The first-order chi connectivity index (χ1) is 15.5. The fourth-order valence-electron chi connectivity index (χ4n) is 4.01. The van der Waals surface area contributed by atoms with E-state index in [1.807, 2.05) is 6.92 Å². The van der Waals surface area contributed by atoms with E-state index in [1.165, 1.54) is 18.1 Å². The van der Waals surface area contributed by atoms with Crippen LogP contribution in [-0.4, -0.2) is 53.7 Å². The van der Waals surface area contributed by atoms with Gasteiger partial charge in [0.1, 0.15) is 19.0 Å². The Balaban J connectivity index is 1.84. The van der Waals surface area contributed by atoms with Gasteiger partial charge >= 0.3 is 0 Å². The molecule has 32 heavy (non-hydrogen) atoms. The first kappa shape index (κ1) is 21.5. The van der Waals surface area contributed by atoms with Gasteiger partial charge in [0.25, 0.3) is 11.7 Å². The minimum atomic E-state index is -0.841. The number of hydrogen-bond acceptors (Lipinski definition) is 7. The van der Waals surface area contributed by atoms with Crippen LogP contribution in [-0.2, 0) is 9.59 Å². The monoisotopic (exact) mass is 439 g/mol. The van der Waals surface area contributed by atoms with Crippen LogP contribution in [0.15, 0.2) is 42.0 Å². The lowest BCUT2D eigenvalue weighted by molar-refractivity contribution is -0.139. The summed E-state index contributed by atoms with van der Waals surface area (Å²) in [6, 6.07) is 8.71. The van der Waals surface area contributed by atoms with Gasteiger partial charge in [-0.2, -0.15) is 0 Å². The second-order valence-electron chi connectivity index (χ2n) is 7.64. The molecule has 168 valence electrons. The first-order valence-electron chi connectivity index (χ1n) is 10.5. The van der Waals surface area contributed by atoms with Crippen LogP contribution >= 0.6 is 0 Å². The van der Waals surface area contributed by atoms with Crippen LogP contribution in [0.1, 0.15) is 36.9 Å². The van der Waals surface area contributed by atoms with Crippen molar-refractivity contribution in [3.63, 3.8) is 0 Å². The molecule has 0 aliphatic carbocycles. The number of carbonyl (C=O) groups is 2. The highest BCUT2D eigenvalue weighted by molar-refractivity contribution is 6.46. The first-order valence-corrected chi connectivity index (χ1v) is 10.5. The summed E-state index contributed by atoms with van der Waals surface area (Å²) >= 11 is 0. The van der Waals surface area contributed by atoms with E-state index in [9.17, 15) is 19.8 Å². The lowest BCUT2D eigenvalue weighted by Gasteiger charge is -2.25. The van der Waals surface area contributed by atoms with Gasteiger partial charge in [-0.25, -0.2) is 0 Å². The maximum atomic E-state index is 13.0. The van der Waals surface area contributed by atoms with Crippen molar-refractivity contribution in [1.29, 1.82) is 0 Å². The third kappa shape index (κ3) is 3.72. The van der Waals surface area contributed by atoms with Gasteiger partial charge < -0.3 is 29.3 Å². The predicted octanol–water partition coefficient (Wildman–Crippen LogP) is 3.39. The summed E-state index contributed by atoms with van der Waals surface area (Å²) in [7, 11) is 1.43. The predicted molar refractivity (Wildman–Crippen MR) is 116 cm³/mol. The van der Waals surface area contributed by atoms with Crippen molar-refractivity contribution >= 4 is 17.4 Å². The van der Waals surface area contributed by atoms with Gasteiger partial charge in [-0.15, -0.1) is 0 Å². The maximum Gasteiger partial charge on any atom is 0.295 e. The molecule has 8 nitrogen and oxygen atoms in total. The van der Waals surface area contributed by atoms with Crippen LogP contribution in [0.5, 0.6) is 23.0 Å². The number of aromatic hydroxyl groups is 1. The molecule has 2 aliphatic heterocycles. The van der Waals surface area contributed by atoms with Crippen molar-refractivity contribution in [3.8, 4) is 23.0 Å². The molecule has 2 N–H and O–H groups in total. The van der Waals surface area contributed by atoms with Crippen LogP contribution in [0.25, 0.3) is 5.76 Å². The van der Waals surface area contributed by atoms with Crippen molar-refractivity contribution in [2.24, 2.45) is 0 Å². The Morgan fingerprint density at radius 2 is 1.88 bits per heavy atom. The summed E-state index contributed by atoms with van der Waals surface area (Å²) in [6.45, 7) is 3.14. The van der Waals surface area contributed by atoms with Crippen molar-refractivity contribution in [2.45, 2.75) is 25.8 Å². The van der Waals surface area contributed by atoms with Crippen molar-refractivity contribution < 1.29 is 34.0 Å². The van der Waals surface area contributed by atoms with Crippen LogP contribution < -0.4 is 14.2 Å². The lowest BCUT2D eigenvalue weighted by atomic mass is 9.94. The highest BCUT2D eigenvalue weighted by atomic mass is 16.6. The second kappa shape index (κ2) is 8.82. The molecular weight excluding hydrogens is 414 g/mol. The number of methoxy groups -OCH3 is 1. The van der Waals surface area contributed by atoms with Gasteiger partial charge in [-0.3, -0.25) is 9.59 Å². The number of fused-ring (bicyclic) bond motifs is 1. The smallest absolute Gasteiger partial charge is 0.295 e. The molecule has 2 aliphatic rings. The molecular formula is C24H25NO7. The Morgan fingerprint density at radius 3 is 2.56 bits per heavy atom. The molecule has 2 aromatic rings. The minimum absolute atomic E-state index is 0.0349. The number of likely N-dealkylation sites (tertiary alicyclic amines) is 1. The molecule has 1 saturated heterocycles. The molecule has 4 rings (SSSR count). The summed E-state index contributed by atoms with van der Waals surface area (Å²) < 4.78 is 16.2. The van der Waals surface area contributed by atoms with E-state index in [1.54, 1.807) is 30.3 Å². The highest BCUT2D eigenvalue weighted by Crippen LogP contribution is 2.42. The Bertz CT molecular complexity index is 1090. The van der Waals surface area contributed by atoms with Gasteiger partial charge in [-0.05, 0) is 42.3 Å². The van der Waals surface area contributed by atoms with E-state index in [2.05, 4.69) is 0 Å². The maximum absolute atomic E-state index is 13.0. The Hall–Kier alpha value is -3.68. The molecule has 0 radical (unpaired) electrons. The van der Waals surface area contributed by atoms with Gasteiger partial charge in [0.2, 0.25) is 0 Å². The molecule has 1 amide bonds. The molecule has 1 unspecified atom stereocenters. The number of aliphatic hydroxyl groups is 1. The average Bonchev–Trinajstić information content (AvgIpc) is 3.06. The molecule has 0 spiro atoms. The van der Waals surface area contributed by atoms with Crippen molar-refractivity contribution in [1.82, 2.24) is 4.90 Å². The van der Waals surface area contributed by atoms with Gasteiger partial charge in [0, 0.05) is 12.1 Å². The van der Waals surface area contributed by atoms with Gasteiger partial charge in [0.15, 0.2) is 23.0 Å². The summed E-state index contributed by atoms with van der Waals surface area (Å²) in [4.78, 5) is 27.3. The molecule has 1 atom stereocenters. The molecule has 8 heteroatoms. The average molecular weight is 439 g/mol. The van der Waals surface area contributed by atoms with Gasteiger partial charge in [-0.1, -0.05) is 19.4 Å². The molecule has 1 fully saturated rings. The summed E-state index contributed by atoms with van der Waals surface area (Å²) in [6.07, 6.45) is 1.52. The number of benzene rings is 2. The van der Waals surface area contributed by atoms with Crippen LogP contribution in [0.4, 0.5) is 0 Å². The molecule has 0 saturated carbocycles. The van der Waals surface area contributed by atoms with E-state index >= 15 is 0 Å². The van der Waals surface area contributed by atoms with E-state index in [0.29, 0.717) is 48.8 Å². The molecule has 0 bridgehead atoms. The zero-order valence-electron chi connectivity index (χ0n) is 18.0. The number of aliphatic hydroxyl groups excluding tert-OH is 1. The topological polar surface area (TPSA) is 106 Å². The Kier molecular flexibility index (Phi) is 5.94. The molecule has 2 aromatic carbocycles. The number of phenolic OH excluding ortho intramolecular Hbond substituents is 1. The third-order valence-electron chi connectivity index (χ3n) is 5.63. The minimum Gasteiger partial charge on any atom is -0.507 e. The SMILES string of the molecule is CCCCN1C(=O)C(=O)/C(=C(\O)c2ccc3c(c2)OCCO3)C1c1ccc(OC)c(O)c1. The molecule has 2 heterocycles. The van der Waals surface area contributed by atoms with Crippen molar-refractivity contribution in [2.75, 3.05) is 26.9 Å². The zero-order valence-corrected chi connectivity index (χ0v) is 18.0. The highest BCUT2D eigenvalue weighted by Gasteiger charge is 2.46. The normalized spacial score (nSPS) is 19.3.